The van der Waals surface area contributed by atoms with Crippen molar-refractivity contribution in [3.05, 3.63) is 35.1 Å². The van der Waals surface area contributed by atoms with Crippen molar-refractivity contribution in [3.63, 3.8) is 0 Å². The van der Waals surface area contributed by atoms with Crippen molar-refractivity contribution in [3.8, 4) is 0 Å². The smallest absolute Gasteiger partial charge is 0.251 e. The molecule has 92 valence electrons. The first-order valence-corrected chi connectivity index (χ1v) is 6.24. The molecule has 2 nitrogen and oxygen atoms in total. The fraction of sp³-hybridized carbons (Fsp3) is 0.462. The highest BCUT2D eigenvalue weighted by atomic mass is 35.5. The molecule has 1 amide bonds. The molecule has 0 radical (unpaired) electrons. The van der Waals surface area contributed by atoms with Gasteiger partial charge in [-0.3, -0.25) is 4.79 Å². The van der Waals surface area contributed by atoms with Crippen LogP contribution in [0.4, 0.5) is 4.39 Å². The molecule has 0 aliphatic heterocycles. The number of hydrogen-bond acceptors (Lipinski definition) is 1. The molecular formula is C13H15ClFNO. The zero-order valence-electron chi connectivity index (χ0n) is 9.72. The van der Waals surface area contributed by atoms with Crippen molar-refractivity contribution in [1.82, 2.24) is 5.32 Å². The van der Waals surface area contributed by atoms with E-state index in [9.17, 15) is 9.18 Å². The molecule has 0 spiro atoms. The minimum absolute atomic E-state index is 0.246. The van der Waals surface area contributed by atoms with Crippen molar-refractivity contribution in [2.45, 2.75) is 31.7 Å². The van der Waals surface area contributed by atoms with Gasteiger partial charge in [-0.25, -0.2) is 4.39 Å². The Morgan fingerprint density at radius 3 is 2.71 bits per heavy atom. The van der Waals surface area contributed by atoms with Gasteiger partial charge >= 0.3 is 0 Å². The van der Waals surface area contributed by atoms with Crippen LogP contribution in [0.15, 0.2) is 18.2 Å². The summed E-state index contributed by atoms with van der Waals surface area (Å²) < 4.78 is 13.3. The molecule has 0 bridgehead atoms. The molecule has 0 unspecified atom stereocenters. The number of alkyl halides is 1. The number of benzene rings is 1. The predicted molar refractivity (Wildman–Crippen MR) is 65.9 cm³/mol. The van der Waals surface area contributed by atoms with E-state index in [2.05, 4.69) is 5.32 Å². The topological polar surface area (TPSA) is 29.1 Å². The third-order valence-corrected chi connectivity index (χ3v) is 3.89. The van der Waals surface area contributed by atoms with E-state index in [-0.39, 0.29) is 17.3 Å². The summed E-state index contributed by atoms with van der Waals surface area (Å²) in [6.07, 6.45) is 2.88. The van der Waals surface area contributed by atoms with Gasteiger partial charge in [0.2, 0.25) is 0 Å². The lowest BCUT2D eigenvalue weighted by molar-refractivity contribution is 0.0853. The molecule has 17 heavy (non-hydrogen) atoms. The summed E-state index contributed by atoms with van der Waals surface area (Å²) in [5.74, 6) is -0.192. The Kier molecular flexibility index (Phi) is 3.38. The number of aryl methyl sites for hydroxylation is 1. The largest absolute Gasteiger partial charge is 0.345 e. The Morgan fingerprint density at radius 2 is 2.24 bits per heavy atom. The molecule has 2 rings (SSSR count). The summed E-state index contributed by atoms with van der Waals surface area (Å²) in [6, 6.07) is 4.51. The maximum absolute atomic E-state index is 13.3. The fourth-order valence-corrected chi connectivity index (χ4v) is 2.28. The second-order valence-electron chi connectivity index (χ2n) is 4.69. The fourth-order valence-electron chi connectivity index (χ4n) is 1.94. The quantitative estimate of drug-likeness (QED) is 0.827. The minimum Gasteiger partial charge on any atom is -0.345 e. The Labute approximate surface area is 105 Å². The van der Waals surface area contributed by atoms with E-state index in [1.165, 1.54) is 6.07 Å². The first-order chi connectivity index (χ1) is 8.06. The van der Waals surface area contributed by atoms with Crippen LogP contribution in [0.1, 0.15) is 35.2 Å². The first kappa shape index (κ1) is 12.4. The van der Waals surface area contributed by atoms with Crippen LogP contribution in [0, 0.1) is 12.7 Å². The number of carbonyl (C=O) groups is 1. The van der Waals surface area contributed by atoms with Crippen LogP contribution >= 0.6 is 11.6 Å². The van der Waals surface area contributed by atoms with Crippen LogP contribution in [0.25, 0.3) is 0 Å². The highest BCUT2D eigenvalue weighted by Gasteiger charge is 2.37. The monoisotopic (exact) mass is 255 g/mol. The summed E-state index contributed by atoms with van der Waals surface area (Å²) in [5.41, 5.74) is 0.613. The van der Waals surface area contributed by atoms with Crippen molar-refractivity contribution in [2.75, 3.05) is 5.88 Å². The Bertz CT molecular complexity index is 438. The van der Waals surface area contributed by atoms with Crippen LogP contribution in [-0.2, 0) is 0 Å². The summed E-state index contributed by atoms with van der Waals surface area (Å²) in [5, 5.41) is 2.90. The van der Waals surface area contributed by atoms with Gasteiger partial charge in [0.05, 0.1) is 5.54 Å². The molecule has 1 aliphatic rings. The van der Waals surface area contributed by atoms with Crippen LogP contribution in [0.2, 0.25) is 0 Å². The number of hydrogen-bond donors (Lipinski definition) is 1. The minimum atomic E-state index is -0.355. The Hall–Kier alpha value is -1.09. The second kappa shape index (κ2) is 4.65. The van der Waals surface area contributed by atoms with Gasteiger partial charge in [-0.1, -0.05) is 6.07 Å². The van der Waals surface area contributed by atoms with E-state index in [4.69, 9.17) is 11.6 Å². The van der Waals surface area contributed by atoms with E-state index >= 15 is 0 Å². The number of carbonyl (C=O) groups excluding carboxylic acids is 1. The number of rotatable bonds is 3. The maximum atomic E-state index is 13.3. The van der Waals surface area contributed by atoms with Crippen molar-refractivity contribution >= 4 is 17.5 Å². The lowest BCUT2D eigenvalue weighted by Gasteiger charge is -2.41. The predicted octanol–water partition coefficient (Wildman–Crippen LogP) is 3.03. The highest BCUT2D eigenvalue weighted by Crippen LogP contribution is 2.33. The first-order valence-electron chi connectivity index (χ1n) is 5.71. The van der Waals surface area contributed by atoms with Gasteiger partial charge in [0.1, 0.15) is 5.82 Å². The zero-order valence-corrected chi connectivity index (χ0v) is 10.5. The molecule has 1 aromatic rings. The molecule has 1 aliphatic carbocycles. The maximum Gasteiger partial charge on any atom is 0.251 e. The lowest BCUT2D eigenvalue weighted by atomic mass is 9.78. The standard InChI is InChI=1S/C13H15ClFNO/c1-9-3-4-10(7-11(9)15)12(17)16-13(8-14)5-2-6-13/h3-4,7H,2,5-6,8H2,1H3,(H,16,17). The Morgan fingerprint density at radius 1 is 1.53 bits per heavy atom. The van der Waals surface area contributed by atoms with Gasteiger partial charge < -0.3 is 5.32 Å². The lowest BCUT2D eigenvalue weighted by Crippen LogP contribution is -2.55. The highest BCUT2D eigenvalue weighted by molar-refractivity contribution is 6.19. The van der Waals surface area contributed by atoms with E-state index in [1.807, 2.05) is 0 Å². The van der Waals surface area contributed by atoms with Gasteiger partial charge in [-0.05, 0) is 43.9 Å². The van der Waals surface area contributed by atoms with Crippen molar-refractivity contribution in [2.24, 2.45) is 0 Å². The average molecular weight is 256 g/mol. The van der Waals surface area contributed by atoms with E-state index < -0.39 is 0 Å². The van der Waals surface area contributed by atoms with Gasteiger partial charge in [0, 0.05) is 11.4 Å². The zero-order chi connectivity index (χ0) is 12.5. The van der Waals surface area contributed by atoms with E-state index in [0.717, 1.165) is 19.3 Å². The molecule has 1 fully saturated rings. The van der Waals surface area contributed by atoms with Crippen LogP contribution in [0.5, 0.6) is 0 Å². The summed E-state index contributed by atoms with van der Waals surface area (Å²) in [7, 11) is 0. The number of halogens is 2. The molecule has 0 saturated heterocycles. The molecule has 1 N–H and O–H groups in total. The average Bonchev–Trinajstić information content (AvgIpc) is 2.27. The molecule has 1 aromatic carbocycles. The van der Waals surface area contributed by atoms with Crippen LogP contribution in [0.3, 0.4) is 0 Å². The third kappa shape index (κ3) is 2.44. The summed E-state index contributed by atoms with van der Waals surface area (Å²) in [4.78, 5) is 11.9. The number of nitrogens with one attached hydrogen (secondary N) is 1. The molecular weight excluding hydrogens is 241 g/mol. The van der Waals surface area contributed by atoms with Gasteiger partial charge in [0.25, 0.3) is 5.91 Å². The SMILES string of the molecule is Cc1ccc(C(=O)NC2(CCl)CCC2)cc1F. The molecule has 0 atom stereocenters. The van der Waals surface area contributed by atoms with Gasteiger partial charge in [0.15, 0.2) is 0 Å². The summed E-state index contributed by atoms with van der Waals surface area (Å²) in [6.45, 7) is 1.67. The van der Waals surface area contributed by atoms with Gasteiger partial charge in [-0.2, -0.15) is 0 Å². The van der Waals surface area contributed by atoms with Crippen molar-refractivity contribution in [1.29, 1.82) is 0 Å². The summed E-state index contributed by atoms with van der Waals surface area (Å²) >= 11 is 5.86. The molecule has 0 heterocycles. The normalized spacial score (nSPS) is 17.4. The second-order valence-corrected chi connectivity index (χ2v) is 4.95. The Balaban J connectivity index is 2.11. The van der Waals surface area contributed by atoms with Crippen LogP contribution in [-0.4, -0.2) is 17.3 Å². The molecule has 4 heteroatoms. The molecule has 1 saturated carbocycles. The molecule has 0 aromatic heterocycles. The van der Waals surface area contributed by atoms with Crippen LogP contribution < -0.4 is 5.32 Å². The number of amides is 1. The van der Waals surface area contributed by atoms with Gasteiger partial charge in [-0.15, -0.1) is 11.6 Å². The van der Waals surface area contributed by atoms with E-state index in [1.54, 1.807) is 19.1 Å². The van der Waals surface area contributed by atoms with E-state index in [0.29, 0.717) is 17.0 Å². The van der Waals surface area contributed by atoms with Crippen molar-refractivity contribution < 1.29 is 9.18 Å². The third-order valence-electron chi connectivity index (χ3n) is 3.38.